The van der Waals surface area contributed by atoms with Gasteiger partial charge in [0, 0.05) is 32.2 Å². The molecule has 10 heteroatoms. The fourth-order valence-electron chi connectivity index (χ4n) is 4.34. The van der Waals surface area contributed by atoms with E-state index < -0.39 is 15.9 Å². The molecule has 2 saturated heterocycles. The maximum atomic E-state index is 13.2. The molecule has 1 atom stereocenters. The number of piperidine rings is 2. The summed E-state index contributed by atoms with van der Waals surface area (Å²) in [7, 11) is -0.835. The van der Waals surface area contributed by atoms with E-state index in [2.05, 4.69) is 0 Å². The Labute approximate surface area is 189 Å². The van der Waals surface area contributed by atoms with Gasteiger partial charge < -0.3 is 19.1 Å². The van der Waals surface area contributed by atoms with E-state index in [0.29, 0.717) is 63.4 Å². The van der Waals surface area contributed by atoms with Crippen LogP contribution in [-0.2, 0) is 24.3 Å². The third-order valence-corrected chi connectivity index (χ3v) is 8.01. The van der Waals surface area contributed by atoms with E-state index in [9.17, 15) is 18.0 Å². The molecule has 1 aromatic carbocycles. The highest BCUT2D eigenvalue weighted by molar-refractivity contribution is 7.89. The molecule has 1 aromatic rings. The van der Waals surface area contributed by atoms with Gasteiger partial charge in [0.2, 0.25) is 15.9 Å². The Hall–Kier alpha value is -2.33. The molecule has 0 aromatic heterocycles. The maximum Gasteiger partial charge on any atom is 0.309 e. The van der Waals surface area contributed by atoms with Crippen LogP contribution in [0.5, 0.6) is 11.5 Å². The van der Waals surface area contributed by atoms with Crippen LogP contribution < -0.4 is 9.47 Å². The van der Waals surface area contributed by atoms with Crippen molar-refractivity contribution in [3.8, 4) is 11.5 Å². The van der Waals surface area contributed by atoms with Crippen molar-refractivity contribution in [1.82, 2.24) is 9.21 Å². The molecule has 2 aliphatic rings. The number of amides is 1. The molecule has 3 rings (SSSR count). The number of rotatable bonds is 7. The number of carbonyl (C=O) groups is 2. The van der Waals surface area contributed by atoms with Crippen molar-refractivity contribution in [2.75, 3.05) is 47.0 Å². The average molecular weight is 469 g/mol. The molecule has 2 aliphatic heterocycles. The van der Waals surface area contributed by atoms with Gasteiger partial charge in [-0.2, -0.15) is 4.31 Å². The molecule has 32 heavy (non-hydrogen) atoms. The Morgan fingerprint density at radius 2 is 1.69 bits per heavy atom. The molecule has 0 spiro atoms. The van der Waals surface area contributed by atoms with Crippen LogP contribution >= 0.6 is 0 Å². The SMILES string of the molecule is CCOC(=O)C1CCN(C(=O)[C@H]2CCCN(S(=O)(=O)c3ccc(OC)c(OC)c3)C2)CC1. The zero-order valence-electron chi connectivity index (χ0n) is 18.9. The lowest BCUT2D eigenvalue weighted by molar-refractivity contribution is -0.152. The van der Waals surface area contributed by atoms with E-state index in [1.165, 1.54) is 30.7 Å². The van der Waals surface area contributed by atoms with Crippen molar-refractivity contribution < 1.29 is 32.2 Å². The number of hydrogen-bond acceptors (Lipinski definition) is 7. The van der Waals surface area contributed by atoms with Gasteiger partial charge in [-0.3, -0.25) is 9.59 Å². The van der Waals surface area contributed by atoms with Gasteiger partial charge in [-0.1, -0.05) is 0 Å². The van der Waals surface area contributed by atoms with Crippen LogP contribution in [0.25, 0.3) is 0 Å². The number of sulfonamides is 1. The summed E-state index contributed by atoms with van der Waals surface area (Å²) in [6.07, 6.45) is 2.41. The summed E-state index contributed by atoms with van der Waals surface area (Å²) < 4.78 is 43.4. The second-order valence-corrected chi connectivity index (χ2v) is 10.0. The first-order valence-corrected chi connectivity index (χ1v) is 12.4. The Morgan fingerprint density at radius 3 is 2.31 bits per heavy atom. The summed E-state index contributed by atoms with van der Waals surface area (Å²) in [5.41, 5.74) is 0. The van der Waals surface area contributed by atoms with E-state index in [0.717, 1.165) is 0 Å². The zero-order valence-corrected chi connectivity index (χ0v) is 19.7. The van der Waals surface area contributed by atoms with Gasteiger partial charge in [0.15, 0.2) is 11.5 Å². The number of hydrogen-bond donors (Lipinski definition) is 0. The van der Waals surface area contributed by atoms with Crippen molar-refractivity contribution in [1.29, 1.82) is 0 Å². The Morgan fingerprint density at radius 1 is 1.00 bits per heavy atom. The molecule has 0 N–H and O–H groups in total. The number of nitrogens with zero attached hydrogens (tertiary/aromatic N) is 2. The molecule has 2 fully saturated rings. The fraction of sp³-hybridized carbons (Fsp3) is 0.636. The minimum absolute atomic E-state index is 0.0421. The smallest absolute Gasteiger partial charge is 0.309 e. The van der Waals surface area contributed by atoms with Crippen LogP contribution in [-0.4, -0.2) is 76.5 Å². The number of methoxy groups -OCH3 is 2. The van der Waals surface area contributed by atoms with Crippen molar-refractivity contribution >= 4 is 21.9 Å². The van der Waals surface area contributed by atoms with E-state index >= 15 is 0 Å². The second-order valence-electron chi connectivity index (χ2n) is 8.07. The molecular formula is C22H32N2O7S. The van der Waals surface area contributed by atoms with E-state index in [1.807, 2.05) is 0 Å². The van der Waals surface area contributed by atoms with Crippen molar-refractivity contribution in [2.24, 2.45) is 11.8 Å². The van der Waals surface area contributed by atoms with Crippen molar-refractivity contribution in [3.05, 3.63) is 18.2 Å². The number of esters is 1. The molecule has 2 heterocycles. The number of carbonyl (C=O) groups excluding carboxylic acids is 2. The first-order chi connectivity index (χ1) is 15.3. The van der Waals surface area contributed by atoms with Crippen LogP contribution in [0, 0.1) is 11.8 Å². The van der Waals surface area contributed by atoms with Crippen molar-refractivity contribution in [3.63, 3.8) is 0 Å². The standard InChI is InChI=1S/C22H32N2O7S/c1-4-31-22(26)16-9-12-23(13-10-16)21(25)17-6-5-11-24(15-17)32(27,28)18-7-8-19(29-2)20(14-18)30-3/h7-8,14,16-17H,4-6,9-13,15H2,1-3H3/t17-/m0/s1. The molecule has 9 nitrogen and oxygen atoms in total. The molecule has 0 radical (unpaired) electrons. The fourth-order valence-corrected chi connectivity index (χ4v) is 5.88. The highest BCUT2D eigenvalue weighted by Gasteiger charge is 2.37. The third kappa shape index (κ3) is 5.17. The highest BCUT2D eigenvalue weighted by atomic mass is 32.2. The molecule has 1 amide bonds. The average Bonchev–Trinajstić information content (AvgIpc) is 2.83. The lowest BCUT2D eigenvalue weighted by Crippen LogP contribution is -2.49. The first kappa shape index (κ1) is 24.3. The first-order valence-electron chi connectivity index (χ1n) is 11.0. The highest BCUT2D eigenvalue weighted by Crippen LogP contribution is 2.32. The summed E-state index contributed by atoms with van der Waals surface area (Å²) in [5.74, 6) is -0.0267. The van der Waals surface area contributed by atoms with Gasteiger partial charge in [0.05, 0.1) is 37.6 Å². The molecular weight excluding hydrogens is 436 g/mol. The normalized spacial score (nSPS) is 20.6. The number of benzene rings is 1. The minimum Gasteiger partial charge on any atom is -0.493 e. The second kappa shape index (κ2) is 10.5. The molecule has 0 aliphatic carbocycles. The Bertz CT molecular complexity index is 926. The summed E-state index contributed by atoms with van der Waals surface area (Å²) in [6.45, 7) is 3.62. The summed E-state index contributed by atoms with van der Waals surface area (Å²) in [5, 5.41) is 0. The van der Waals surface area contributed by atoms with Gasteiger partial charge in [0.25, 0.3) is 0 Å². The lowest BCUT2D eigenvalue weighted by atomic mass is 9.93. The molecule has 178 valence electrons. The van der Waals surface area contributed by atoms with Gasteiger partial charge >= 0.3 is 5.97 Å². The summed E-state index contributed by atoms with van der Waals surface area (Å²) in [4.78, 5) is 26.9. The van der Waals surface area contributed by atoms with Gasteiger partial charge in [0.1, 0.15) is 0 Å². The summed E-state index contributed by atoms with van der Waals surface area (Å²) >= 11 is 0. The van der Waals surface area contributed by atoms with Crippen LogP contribution in [0.15, 0.2) is 23.1 Å². The van der Waals surface area contributed by atoms with Gasteiger partial charge in [-0.05, 0) is 44.7 Å². The minimum atomic E-state index is -3.78. The zero-order chi connectivity index (χ0) is 23.3. The molecule has 0 bridgehead atoms. The predicted octanol–water partition coefficient (Wildman–Crippen LogP) is 1.91. The third-order valence-electron chi connectivity index (χ3n) is 6.15. The van der Waals surface area contributed by atoms with Gasteiger partial charge in [-0.15, -0.1) is 0 Å². The van der Waals surface area contributed by atoms with Gasteiger partial charge in [-0.25, -0.2) is 8.42 Å². The number of likely N-dealkylation sites (tertiary alicyclic amines) is 1. The number of ether oxygens (including phenoxy) is 3. The molecule has 0 unspecified atom stereocenters. The van der Waals surface area contributed by atoms with Crippen LogP contribution in [0.4, 0.5) is 0 Å². The van der Waals surface area contributed by atoms with E-state index in [1.54, 1.807) is 17.9 Å². The molecule has 0 saturated carbocycles. The Balaban J connectivity index is 1.66. The van der Waals surface area contributed by atoms with Crippen molar-refractivity contribution in [2.45, 2.75) is 37.5 Å². The van der Waals surface area contributed by atoms with Crippen LogP contribution in [0.1, 0.15) is 32.6 Å². The lowest BCUT2D eigenvalue weighted by Gasteiger charge is -2.37. The predicted molar refractivity (Wildman–Crippen MR) is 117 cm³/mol. The topological polar surface area (TPSA) is 102 Å². The largest absolute Gasteiger partial charge is 0.493 e. The van der Waals surface area contributed by atoms with E-state index in [4.69, 9.17) is 14.2 Å². The quantitative estimate of drug-likeness (QED) is 0.563. The summed E-state index contributed by atoms with van der Waals surface area (Å²) in [6, 6.07) is 4.49. The monoisotopic (exact) mass is 468 g/mol. The maximum absolute atomic E-state index is 13.2. The Kier molecular flexibility index (Phi) is 8.00. The van der Waals surface area contributed by atoms with E-state index in [-0.39, 0.29) is 29.2 Å². The van der Waals surface area contributed by atoms with Crippen LogP contribution in [0.3, 0.4) is 0 Å². The van der Waals surface area contributed by atoms with Crippen LogP contribution in [0.2, 0.25) is 0 Å².